The van der Waals surface area contributed by atoms with Crippen molar-refractivity contribution < 1.29 is 32.3 Å². The third-order valence-corrected chi connectivity index (χ3v) is 14.8. The average molecular weight is 1100 g/mol. The quantitative estimate of drug-likeness (QED) is 0.0461. The van der Waals surface area contributed by atoms with E-state index in [-0.39, 0.29) is 29.9 Å². The van der Waals surface area contributed by atoms with Gasteiger partial charge in [0.05, 0.1) is 51.8 Å². The van der Waals surface area contributed by atoms with Gasteiger partial charge >= 0.3 is 0 Å². The highest BCUT2D eigenvalue weighted by molar-refractivity contribution is 9.10. The summed E-state index contributed by atoms with van der Waals surface area (Å²) in [4.78, 5) is 77.6. The van der Waals surface area contributed by atoms with E-state index in [9.17, 15) is 27.6 Å². The summed E-state index contributed by atoms with van der Waals surface area (Å²) in [6.07, 6.45) is 11.1. The Kier molecular flexibility index (Phi) is 16.4. The molecule has 9 rings (SSSR count). The molecule has 6 heterocycles. The first kappa shape index (κ1) is 52.5. The molecule has 0 saturated carbocycles. The maximum atomic E-state index is 13.3. The summed E-state index contributed by atoms with van der Waals surface area (Å²) in [7, 11) is -2.13. The number of halogens is 1. The van der Waals surface area contributed by atoms with E-state index in [0.29, 0.717) is 75.1 Å². The van der Waals surface area contributed by atoms with Gasteiger partial charge in [0.2, 0.25) is 27.8 Å². The molecule has 0 spiro atoms. The van der Waals surface area contributed by atoms with Crippen LogP contribution in [-0.4, -0.2) is 138 Å². The normalized spacial score (nSPS) is 17.3. The third kappa shape index (κ3) is 12.6. The molecule has 1 unspecified atom stereocenters. The van der Waals surface area contributed by atoms with E-state index in [2.05, 4.69) is 95.3 Å². The third-order valence-electron chi connectivity index (χ3n) is 13.6. The fourth-order valence-electron chi connectivity index (χ4n) is 9.89. The van der Waals surface area contributed by atoms with Crippen LogP contribution in [0.1, 0.15) is 79.8 Å². The number of nitrogens with zero attached hydrogens (tertiary/aromatic N) is 8. The maximum Gasteiger partial charge on any atom is 0.300 e. The highest BCUT2D eigenvalue weighted by Crippen LogP contribution is 2.41. The van der Waals surface area contributed by atoms with Crippen LogP contribution in [0.15, 0.2) is 65.5 Å². The van der Waals surface area contributed by atoms with Crippen molar-refractivity contribution in [2.24, 2.45) is 0 Å². The number of piperazine rings is 1. The molecule has 4 amide bonds. The zero-order chi connectivity index (χ0) is 52.6. The minimum atomic E-state index is -3.70. The van der Waals surface area contributed by atoms with Crippen molar-refractivity contribution >= 4 is 101 Å². The van der Waals surface area contributed by atoms with Gasteiger partial charge in [0, 0.05) is 107 Å². The number of ether oxygens (including phenoxy) is 1. The zero-order valence-electron chi connectivity index (χ0n) is 42.0. The molecule has 5 N–H and O–H groups in total. The number of nitrogens with one attached hydrogen (secondary N) is 5. The molecular formula is C53H58BrN13O7S. The number of aromatic nitrogens is 4. The Balaban J connectivity index is 0.814. The molecule has 0 bridgehead atoms. The Morgan fingerprint density at radius 2 is 1.72 bits per heavy atom. The summed E-state index contributed by atoms with van der Waals surface area (Å²) in [5.74, 6) is 11.9. The lowest BCUT2D eigenvalue weighted by Gasteiger charge is -2.43. The number of anilines is 7. The Morgan fingerprint density at radius 1 is 0.920 bits per heavy atom. The Morgan fingerprint density at radius 3 is 2.48 bits per heavy atom. The molecule has 0 aliphatic carbocycles. The Hall–Kier alpha value is -7.37. The predicted octanol–water partition coefficient (Wildman–Crippen LogP) is 5.97. The van der Waals surface area contributed by atoms with Crippen molar-refractivity contribution in [2.75, 3.05) is 84.8 Å². The summed E-state index contributed by atoms with van der Waals surface area (Å²) in [5, 5.41) is 11.9. The maximum absolute atomic E-state index is 13.3. The second kappa shape index (κ2) is 23.4. The monoisotopic (exact) mass is 1100 g/mol. The van der Waals surface area contributed by atoms with Crippen molar-refractivity contribution in [3.63, 3.8) is 0 Å². The number of carbonyl (C=O) groups excluding carboxylic acids is 4. The number of fused-ring (bicyclic) bond motifs is 2. The first-order valence-electron chi connectivity index (χ1n) is 25.0. The summed E-state index contributed by atoms with van der Waals surface area (Å²) >= 11 is 3.52. The van der Waals surface area contributed by atoms with E-state index in [0.717, 1.165) is 101 Å². The topological polar surface area (TPSA) is 236 Å². The molecule has 1 atom stereocenters. The summed E-state index contributed by atoms with van der Waals surface area (Å²) in [6, 6.07) is 12.4. The largest absolute Gasteiger partial charge is 0.494 e. The fourth-order valence-corrected chi connectivity index (χ4v) is 10.8. The Labute approximate surface area is 444 Å². The molecule has 2 aromatic heterocycles. The SMILES string of the molecule is CCCC#CC(=O)Nc1cc(Nc2ncc(Br)c(Nc3ccc4nccnc4c3NS(C)(=O)=O)n2)c(OC)cc1N1CCC(N2CCN(CCCC#Cc3cccc4c3CN(C3CCC(=O)NC3=O)C4=O)CC2)CC1. The van der Waals surface area contributed by atoms with Crippen molar-refractivity contribution in [3.8, 4) is 29.4 Å². The zero-order valence-corrected chi connectivity index (χ0v) is 44.4. The van der Waals surface area contributed by atoms with E-state index < -0.39 is 27.9 Å². The van der Waals surface area contributed by atoms with E-state index in [1.165, 1.54) is 12.4 Å². The van der Waals surface area contributed by atoms with Gasteiger partial charge in [-0.15, -0.1) is 0 Å². The van der Waals surface area contributed by atoms with Crippen LogP contribution >= 0.6 is 15.9 Å². The van der Waals surface area contributed by atoms with E-state index >= 15 is 0 Å². The van der Waals surface area contributed by atoms with Crippen LogP contribution in [-0.2, 0) is 31.0 Å². The summed E-state index contributed by atoms with van der Waals surface area (Å²) in [6.45, 7) is 8.67. The van der Waals surface area contributed by atoms with Gasteiger partial charge in [-0.2, -0.15) is 4.98 Å². The second-order valence-corrected chi connectivity index (χ2v) is 21.3. The summed E-state index contributed by atoms with van der Waals surface area (Å²) in [5.41, 5.74) is 5.49. The first-order valence-corrected chi connectivity index (χ1v) is 27.7. The van der Waals surface area contributed by atoms with Crippen molar-refractivity contribution in [1.82, 2.24) is 40.0 Å². The highest BCUT2D eigenvalue weighted by Gasteiger charge is 2.40. The van der Waals surface area contributed by atoms with Gasteiger partial charge in [0.15, 0.2) is 0 Å². The molecule has 3 aromatic carbocycles. The number of carbonyl (C=O) groups is 4. The molecule has 0 radical (unpaired) electrons. The predicted molar refractivity (Wildman–Crippen MR) is 290 cm³/mol. The van der Waals surface area contributed by atoms with Crippen LogP contribution in [0.25, 0.3) is 11.0 Å². The lowest BCUT2D eigenvalue weighted by Crippen LogP contribution is -2.53. The number of hydrogen-bond donors (Lipinski definition) is 5. The molecule has 75 heavy (non-hydrogen) atoms. The number of hydrogen-bond acceptors (Lipinski definition) is 16. The Bertz CT molecular complexity index is 3270. The number of methoxy groups -OCH3 is 1. The number of piperidine rings is 2. The van der Waals surface area contributed by atoms with Crippen molar-refractivity contribution in [1.29, 1.82) is 0 Å². The van der Waals surface area contributed by atoms with Gasteiger partial charge in [-0.05, 0) is 96.4 Å². The van der Waals surface area contributed by atoms with Crippen LogP contribution in [0.3, 0.4) is 0 Å². The molecule has 4 aliphatic heterocycles. The number of benzene rings is 3. The number of imide groups is 1. The second-order valence-electron chi connectivity index (χ2n) is 18.7. The minimum absolute atomic E-state index is 0.188. The molecule has 3 fully saturated rings. The van der Waals surface area contributed by atoms with Crippen molar-refractivity contribution in [3.05, 3.63) is 82.2 Å². The van der Waals surface area contributed by atoms with Gasteiger partial charge in [0.1, 0.15) is 23.1 Å². The minimum Gasteiger partial charge on any atom is -0.494 e. The van der Waals surface area contributed by atoms with Gasteiger partial charge in [-0.1, -0.05) is 30.8 Å². The number of unbranched alkanes of at least 4 members (excludes halogenated alkanes) is 2. The van der Waals surface area contributed by atoms with Gasteiger partial charge in [-0.25, -0.2) is 13.4 Å². The van der Waals surface area contributed by atoms with Crippen LogP contribution in [0, 0.1) is 23.7 Å². The molecule has 3 saturated heterocycles. The fraction of sp³-hybridized carbons (Fsp3) is 0.396. The standard InChI is InChI=1S/C53H58BrN13O7S/c1-4-5-7-14-46(68)58-41-30-42(60-53-57-32-38(54)50(62-53)59-40-16-15-39-48(56-22-21-55-39)49(40)63-75(3,72)73)45(74-2)31-44(41)66-24-19-35(20-25-66)65-28-26-64(27-29-65)23-9-6-8-11-34-12-10-13-36-37(34)33-67(52(36)71)43-17-18-47(69)61-51(43)70/h10,12-13,15-16,21-22,30-32,35,43,63H,4-6,9,17-20,23-29,33H2,1-3H3,(H,58,68)(H,61,69,70)(H2,57,59,60,62). The molecule has 5 aromatic rings. The van der Waals surface area contributed by atoms with E-state index in [4.69, 9.17) is 9.72 Å². The number of amides is 4. The van der Waals surface area contributed by atoms with Gasteiger partial charge in [-0.3, -0.25) is 44.1 Å². The van der Waals surface area contributed by atoms with E-state index in [1.54, 1.807) is 42.5 Å². The molecular weight excluding hydrogens is 1040 g/mol. The smallest absolute Gasteiger partial charge is 0.300 e. The average Bonchev–Trinajstić information content (AvgIpc) is 3.75. The molecule has 390 valence electrons. The first-order chi connectivity index (χ1) is 36.2. The van der Waals surface area contributed by atoms with Gasteiger partial charge in [0.25, 0.3) is 11.8 Å². The number of sulfonamides is 1. The van der Waals surface area contributed by atoms with Crippen LogP contribution < -0.4 is 35.6 Å². The van der Waals surface area contributed by atoms with Gasteiger partial charge < -0.3 is 35.4 Å². The van der Waals surface area contributed by atoms with Crippen LogP contribution in [0.4, 0.5) is 40.2 Å². The highest BCUT2D eigenvalue weighted by atomic mass is 79.9. The number of rotatable bonds is 15. The van der Waals surface area contributed by atoms with Crippen LogP contribution in [0.2, 0.25) is 0 Å². The van der Waals surface area contributed by atoms with E-state index in [1.807, 2.05) is 25.1 Å². The summed E-state index contributed by atoms with van der Waals surface area (Å²) < 4.78 is 33.9. The lowest BCUT2D eigenvalue weighted by molar-refractivity contribution is -0.137. The molecule has 4 aliphatic rings. The lowest BCUT2D eigenvalue weighted by atomic mass is 10.0. The molecule has 22 heteroatoms. The molecule has 20 nitrogen and oxygen atoms in total. The van der Waals surface area contributed by atoms with Crippen LogP contribution in [0.5, 0.6) is 5.75 Å². The van der Waals surface area contributed by atoms with Crippen molar-refractivity contribution in [2.45, 2.75) is 76.9 Å².